The molecule has 0 bridgehead atoms. The molecule has 134 valence electrons. The van der Waals surface area contributed by atoms with E-state index in [1.165, 1.54) is 11.1 Å². The fourth-order valence-electron chi connectivity index (χ4n) is 3.15. The van der Waals surface area contributed by atoms with Crippen molar-refractivity contribution in [2.45, 2.75) is 19.6 Å². The minimum absolute atomic E-state index is 0.341. The Morgan fingerprint density at radius 1 is 0.920 bits per heavy atom. The Bertz CT molecular complexity index is 622. The minimum atomic E-state index is -0.457. The molecule has 0 amide bonds. The lowest BCUT2D eigenvalue weighted by atomic mass is 10.2. The van der Waals surface area contributed by atoms with Gasteiger partial charge >= 0.3 is 0 Å². The average molecular weight is 340 g/mol. The Morgan fingerprint density at radius 3 is 2.24 bits per heavy atom. The molecule has 0 unspecified atom stereocenters. The van der Waals surface area contributed by atoms with E-state index in [1.807, 2.05) is 24.3 Å². The Labute approximate surface area is 150 Å². The van der Waals surface area contributed by atoms with Crippen LogP contribution in [0.1, 0.15) is 11.1 Å². The van der Waals surface area contributed by atoms with Gasteiger partial charge in [-0.05, 0) is 24.6 Å². The molecule has 0 radical (unpaired) electrons. The summed E-state index contributed by atoms with van der Waals surface area (Å²) in [5, 5.41) is 10.2. The number of aryl methyl sites for hydroxylation is 1. The predicted octanol–water partition coefficient (Wildman–Crippen LogP) is 2.55. The van der Waals surface area contributed by atoms with Crippen molar-refractivity contribution in [3.63, 3.8) is 0 Å². The summed E-state index contributed by atoms with van der Waals surface area (Å²) < 4.78 is 5.68. The molecule has 0 saturated carbocycles. The minimum Gasteiger partial charge on any atom is -0.491 e. The van der Waals surface area contributed by atoms with Crippen molar-refractivity contribution < 1.29 is 9.84 Å². The van der Waals surface area contributed by atoms with Crippen LogP contribution in [0.2, 0.25) is 0 Å². The third-order valence-electron chi connectivity index (χ3n) is 4.65. The van der Waals surface area contributed by atoms with Crippen LogP contribution >= 0.6 is 0 Å². The van der Waals surface area contributed by atoms with Gasteiger partial charge in [0.05, 0.1) is 0 Å². The lowest BCUT2D eigenvalue weighted by molar-refractivity contribution is 0.0446. The van der Waals surface area contributed by atoms with Crippen LogP contribution in [0.15, 0.2) is 54.6 Å². The average Bonchev–Trinajstić information content (AvgIpc) is 2.64. The number of rotatable bonds is 7. The first-order chi connectivity index (χ1) is 12.2. The molecule has 3 rings (SSSR count). The van der Waals surface area contributed by atoms with Crippen molar-refractivity contribution in [1.82, 2.24) is 9.80 Å². The summed E-state index contributed by atoms with van der Waals surface area (Å²) in [5.74, 6) is 0.817. The zero-order valence-corrected chi connectivity index (χ0v) is 15.0. The van der Waals surface area contributed by atoms with Crippen LogP contribution in [-0.2, 0) is 6.54 Å². The highest BCUT2D eigenvalue weighted by Crippen LogP contribution is 2.12. The lowest BCUT2D eigenvalue weighted by Gasteiger charge is -2.35. The normalized spacial score (nSPS) is 17.4. The van der Waals surface area contributed by atoms with E-state index in [-0.39, 0.29) is 0 Å². The van der Waals surface area contributed by atoms with E-state index in [0.29, 0.717) is 13.2 Å². The molecule has 2 aromatic rings. The van der Waals surface area contributed by atoms with Crippen molar-refractivity contribution >= 4 is 0 Å². The quantitative estimate of drug-likeness (QED) is 0.840. The fourth-order valence-corrected chi connectivity index (χ4v) is 3.15. The van der Waals surface area contributed by atoms with Crippen LogP contribution in [0, 0.1) is 6.92 Å². The van der Waals surface area contributed by atoms with Gasteiger partial charge < -0.3 is 9.84 Å². The lowest BCUT2D eigenvalue weighted by Crippen LogP contribution is -2.48. The monoisotopic (exact) mass is 340 g/mol. The largest absolute Gasteiger partial charge is 0.491 e. The molecule has 1 fully saturated rings. The maximum absolute atomic E-state index is 10.2. The van der Waals surface area contributed by atoms with Crippen LogP contribution in [-0.4, -0.2) is 60.3 Å². The summed E-state index contributed by atoms with van der Waals surface area (Å²) >= 11 is 0. The molecule has 0 aromatic heterocycles. The number of β-amino-alcohol motifs (C(OH)–C–C–N with tert-alkyl or cyclic N) is 1. The number of aliphatic hydroxyl groups is 1. The maximum Gasteiger partial charge on any atom is 0.119 e. The van der Waals surface area contributed by atoms with E-state index in [1.54, 1.807) is 0 Å². The maximum atomic E-state index is 10.2. The zero-order valence-electron chi connectivity index (χ0n) is 15.0. The summed E-state index contributed by atoms with van der Waals surface area (Å²) in [6.45, 7) is 8.14. The molecule has 1 heterocycles. The van der Waals surface area contributed by atoms with Crippen molar-refractivity contribution in [1.29, 1.82) is 0 Å². The summed E-state index contributed by atoms with van der Waals surface area (Å²) in [6, 6.07) is 18.5. The van der Waals surface area contributed by atoms with Crippen molar-refractivity contribution in [2.24, 2.45) is 0 Å². The molecule has 1 aliphatic heterocycles. The Balaban J connectivity index is 1.36. The van der Waals surface area contributed by atoms with E-state index < -0.39 is 6.10 Å². The van der Waals surface area contributed by atoms with E-state index in [0.717, 1.165) is 38.5 Å². The van der Waals surface area contributed by atoms with Gasteiger partial charge in [0.2, 0.25) is 0 Å². The number of hydrogen-bond donors (Lipinski definition) is 1. The standard InChI is InChI=1S/C21H28N2O2/c1-18-7-9-21(10-8-18)25-17-20(24)16-23-13-11-22(12-14-23)15-19-5-3-2-4-6-19/h2-10,20,24H,11-17H2,1H3/t20-/m1/s1. The highest BCUT2D eigenvalue weighted by molar-refractivity contribution is 5.26. The molecule has 1 saturated heterocycles. The molecule has 1 N–H and O–H groups in total. The second kappa shape index (κ2) is 8.99. The van der Waals surface area contributed by atoms with Crippen molar-refractivity contribution in [2.75, 3.05) is 39.3 Å². The van der Waals surface area contributed by atoms with Crippen LogP contribution in [0.5, 0.6) is 5.75 Å². The molecule has 1 atom stereocenters. The van der Waals surface area contributed by atoms with E-state index in [2.05, 4.69) is 47.1 Å². The third kappa shape index (κ3) is 5.85. The molecule has 0 aliphatic carbocycles. The number of nitrogens with zero attached hydrogens (tertiary/aromatic N) is 2. The molecular formula is C21H28N2O2. The van der Waals surface area contributed by atoms with Crippen molar-refractivity contribution in [3.8, 4) is 5.75 Å². The Morgan fingerprint density at radius 2 is 1.56 bits per heavy atom. The van der Waals surface area contributed by atoms with Gasteiger partial charge in [-0.2, -0.15) is 0 Å². The second-order valence-electron chi connectivity index (χ2n) is 6.84. The molecule has 4 nitrogen and oxygen atoms in total. The van der Waals surface area contributed by atoms with Crippen LogP contribution < -0.4 is 4.74 Å². The van der Waals surface area contributed by atoms with Gasteiger partial charge in [-0.1, -0.05) is 48.0 Å². The first kappa shape index (κ1) is 17.9. The zero-order chi connectivity index (χ0) is 17.5. The molecule has 25 heavy (non-hydrogen) atoms. The highest BCUT2D eigenvalue weighted by atomic mass is 16.5. The number of hydrogen-bond acceptors (Lipinski definition) is 4. The van der Waals surface area contributed by atoms with Crippen molar-refractivity contribution in [3.05, 3.63) is 65.7 Å². The summed E-state index contributed by atoms with van der Waals surface area (Å²) in [7, 11) is 0. The first-order valence-electron chi connectivity index (χ1n) is 9.05. The number of ether oxygens (including phenoxy) is 1. The topological polar surface area (TPSA) is 35.9 Å². The van der Waals surface area contributed by atoms with Gasteiger partial charge in [0, 0.05) is 39.3 Å². The molecule has 1 aliphatic rings. The molecular weight excluding hydrogens is 312 g/mol. The Hall–Kier alpha value is -1.88. The fraction of sp³-hybridized carbons (Fsp3) is 0.429. The number of piperazine rings is 1. The molecule has 2 aromatic carbocycles. The molecule has 0 spiro atoms. The van der Waals surface area contributed by atoms with E-state index >= 15 is 0 Å². The van der Waals surface area contributed by atoms with Gasteiger partial charge in [0.1, 0.15) is 18.5 Å². The van der Waals surface area contributed by atoms with Crippen LogP contribution in [0.4, 0.5) is 0 Å². The van der Waals surface area contributed by atoms with Gasteiger partial charge in [-0.25, -0.2) is 0 Å². The van der Waals surface area contributed by atoms with E-state index in [9.17, 15) is 5.11 Å². The number of aliphatic hydroxyl groups excluding tert-OH is 1. The van der Waals surface area contributed by atoms with Gasteiger partial charge in [-0.15, -0.1) is 0 Å². The molecule has 4 heteroatoms. The Kier molecular flexibility index (Phi) is 6.45. The SMILES string of the molecule is Cc1ccc(OC[C@H](O)CN2CCN(Cc3ccccc3)CC2)cc1. The van der Waals surface area contributed by atoms with Crippen LogP contribution in [0.3, 0.4) is 0 Å². The van der Waals surface area contributed by atoms with Gasteiger partial charge in [-0.3, -0.25) is 9.80 Å². The number of benzene rings is 2. The smallest absolute Gasteiger partial charge is 0.119 e. The third-order valence-corrected chi connectivity index (χ3v) is 4.65. The highest BCUT2D eigenvalue weighted by Gasteiger charge is 2.19. The first-order valence-corrected chi connectivity index (χ1v) is 9.05. The summed E-state index contributed by atoms with van der Waals surface area (Å²) in [6.07, 6.45) is -0.457. The van der Waals surface area contributed by atoms with Gasteiger partial charge in [0.25, 0.3) is 0 Å². The summed E-state index contributed by atoms with van der Waals surface area (Å²) in [4.78, 5) is 4.80. The van der Waals surface area contributed by atoms with Gasteiger partial charge in [0.15, 0.2) is 0 Å². The van der Waals surface area contributed by atoms with Crippen LogP contribution in [0.25, 0.3) is 0 Å². The predicted molar refractivity (Wildman–Crippen MR) is 101 cm³/mol. The summed E-state index contributed by atoms with van der Waals surface area (Å²) in [5.41, 5.74) is 2.57. The van der Waals surface area contributed by atoms with E-state index in [4.69, 9.17) is 4.74 Å². The second-order valence-corrected chi connectivity index (χ2v) is 6.84.